The van der Waals surface area contributed by atoms with Crippen molar-refractivity contribution in [2.45, 2.75) is 115 Å². The number of hydrogen-bond acceptors (Lipinski definition) is 4. The van der Waals surface area contributed by atoms with Crippen LogP contribution in [-0.2, 0) is 11.2 Å². The van der Waals surface area contributed by atoms with E-state index in [9.17, 15) is 9.59 Å². The fourth-order valence-electron chi connectivity index (χ4n) is 6.68. The van der Waals surface area contributed by atoms with Gasteiger partial charge in [-0.25, -0.2) is 4.79 Å². The van der Waals surface area contributed by atoms with Crippen LogP contribution in [0.5, 0.6) is 0 Å². The molecule has 3 aliphatic rings. The number of amides is 3. The predicted octanol–water partition coefficient (Wildman–Crippen LogP) is 4.81. The minimum atomic E-state index is -0.268. The highest BCUT2D eigenvalue weighted by Crippen LogP contribution is 2.30. The van der Waals surface area contributed by atoms with Gasteiger partial charge in [0.25, 0.3) is 0 Å². The number of nitrogens with two attached hydrogens (primary N) is 1. The summed E-state index contributed by atoms with van der Waals surface area (Å²) in [5.41, 5.74) is 7.25. The Morgan fingerprint density at radius 2 is 1.53 bits per heavy atom. The number of piperidine rings is 1. The van der Waals surface area contributed by atoms with Crippen LogP contribution in [0.1, 0.15) is 83.6 Å². The molecule has 7 nitrogen and oxygen atoms in total. The zero-order valence-electron chi connectivity index (χ0n) is 23.4. The van der Waals surface area contributed by atoms with Crippen molar-refractivity contribution >= 4 is 23.5 Å². The van der Waals surface area contributed by atoms with Gasteiger partial charge in [0.15, 0.2) is 0 Å². The zero-order chi connectivity index (χ0) is 27.1. The highest BCUT2D eigenvalue weighted by molar-refractivity contribution is 6.30. The van der Waals surface area contributed by atoms with Crippen LogP contribution in [0, 0.1) is 0 Å². The molecule has 2 saturated carbocycles. The second kappa shape index (κ2) is 14.0. The summed E-state index contributed by atoms with van der Waals surface area (Å²) in [5.74, 6) is 0.177. The third kappa shape index (κ3) is 7.42. The molecular formula is C30H48ClN5O2. The van der Waals surface area contributed by atoms with Crippen molar-refractivity contribution < 1.29 is 9.59 Å². The SMILES string of the molecule is CCN(CC)C(=O)N(C1CCCC1)C1CCN(C(=O)[C@H](Cc2ccc(Cl)cc2)NC2CCC(N)CC2)CC1. The number of rotatable bonds is 9. The normalized spacial score (nSPS) is 23.8. The van der Waals surface area contributed by atoms with E-state index in [4.69, 9.17) is 17.3 Å². The molecule has 0 bridgehead atoms. The summed E-state index contributed by atoms with van der Waals surface area (Å²) in [6.07, 6.45) is 11.0. The summed E-state index contributed by atoms with van der Waals surface area (Å²) < 4.78 is 0. The van der Waals surface area contributed by atoms with Crippen molar-refractivity contribution in [2.24, 2.45) is 5.73 Å². The van der Waals surface area contributed by atoms with Gasteiger partial charge in [0, 0.05) is 55.4 Å². The van der Waals surface area contributed by atoms with Crippen molar-refractivity contribution in [2.75, 3.05) is 26.2 Å². The van der Waals surface area contributed by atoms with Gasteiger partial charge in [-0.05, 0) is 89.3 Å². The van der Waals surface area contributed by atoms with Gasteiger partial charge in [0.05, 0.1) is 6.04 Å². The molecule has 1 aliphatic heterocycles. The van der Waals surface area contributed by atoms with Crippen LogP contribution in [0.15, 0.2) is 24.3 Å². The lowest BCUT2D eigenvalue weighted by Crippen LogP contribution is -2.58. The van der Waals surface area contributed by atoms with Gasteiger partial charge in [-0.2, -0.15) is 0 Å². The molecule has 3 fully saturated rings. The number of carbonyl (C=O) groups excluding carboxylic acids is 2. The molecule has 0 radical (unpaired) electrons. The summed E-state index contributed by atoms with van der Waals surface area (Å²) in [4.78, 5) is 33.6. The molecule has 1 saturated heterocycles. The highest BCUT2D eigenvalue weighted by Gasteiger charge is 2.38. The van der Waals surface area contributed by atoms with E-state index < -0.39 is 0 Å². The monoisotopic (exact) mass is 545 g/mol. The molecule has 0 spiro atoms. The van der Waals surface area contributed by atoms with Crippen molar-refractivity contribution in [1.82, 2.24) is 20.0 Å². The Morgan fingerprint density at radius 3 is 2.11 bits per heavy atom. The van der Waals surface area contributed by atoms with Crippen LogP contribution < -0.4 is 11.1 Å². The summed E-state index contributed by atoms with van der Waals surface area (Å²) in [7, 11) is 0. The van der Waals surface area contributed by atoms with Crippen molar-refractivity contribution in [3.8, 4) is 0 Å². The van der Waals surface area contributed by atoms with Crippen LogP contribution in [0.25, 0.3) is 0 Å². The van der Waals surface area contributed by atoms with Crippen LogP contribution in [0.3, 0.4) is 0 Å². The van der Waals surface area contributed by atoms with Crippen LogP contribution in [-0.4, -0.2) is 83.0 Å². The summed E-state index contributed by atoms with van der Waals surface area (Å²) in [6, 6.07) is 8.89. The van der Waals surface area contributed by atoms with Gasteiger partial charge in [0.2, 0.25) is 5.91 Å². The van der Waals surface area contributed by atoms with Gasteiger partial charge in [-0.3, -0.25) is 4.79 Å². The second-order valence-corrected chi connectivity index (χ2v) is 12.0. The first-order valence-electron chi connectivity index (χ1n) is 15.0. The van der Waals surface area contributed by atoms with E-state index in [1.807, 2.05) is 34.1 Å². The van der Waals surface area contributed by atoms with Gasteiger partial charge >= 0.3 is 6.03 Å². The van der Waals surface area contributed by atoms with Crippen molar-refractivity contribution in [3.05, 3.63) is 34.9 Å². The Bertz CT molecular complexity index is 886. The third-order valence-electron chi connectivity index (χ3n) is 9.00. The van der Waals surface area contributed by atoms with Gasteiger partial charge < -0.3 is 25.8 Å². The molecule has 1 atom stereocenters. The van der Waals surface area contributed by atoms with E-state index >= 15 is 0 Å². The zero-order valence-corrected chi connectivity index (χ0v) is 24.2. The fourth-order valence-corrected chi connectivity index (χ4v) is 6.81. The maximum Gasteiger partial charge on any atom is 0.320 e. The number of nitrogens with one attached hydrogen (secondary N) is 1. The molecule has 4 rings (SSSR count). The third-order valence-corrected chi connectivity index (χ3v) is 9.25. The molecule has 38 heavy (non-hydrogen) atoms. The highest BCUT2D eigenvalue weighted by atomic mass is 35.5. The smallest absolute Gasteiger partial charge is 0.320 e. The first-order valence-corrected chi connectivity index (χ1v) is 15.4. The largest absolute Gasteiger partial charge is 0.341 e. The van der Waals surface area contributed by atoms with E-state index in [0.717, 1.165) is 70.0 Å². The Hall–Kier alpha value is -1.83. The molecular weight excluding hydrogens is 498 g/mol. The molecule has 1 aromatic carbocycles. The van der Waals surface area contributed by atoms with Crippen molar-refractivity contribution in [3.63, 3.8) is 0 Å². The summed E-state index contributed by atoms with van der Waals surface area (Å²) in [5, 5.41) is 4.42. The minimum Gasteiger partial charge on any atom is -0.341 e. The standard InChI is InChI=1S/C30H48ClN5O2/c1-3-34(4-2)30(38)36(26-7-5-6-8-26)27-17-19-35(20-18-27)29(37)28(21-22-9-11-23(31)12-10-22)33-25-15-13-24(32)14-16-25/h9-12,24-28,33H,3-8,13-21,32H2,1-2H3/t24?,25?,28-/m0/s1. The number of hydrogen-bond donors (Lipinski definition) is 2. The van der Waals surface area contributed by atoms with Crippen molar-refractivity contribution in [1.29, 1.82) is 0 Å². The number of urea groups is 1. The molecule has 1 heterocycles. The van der Waals surface area contributed by atoms with Crippen LogP contribution >= 0.6 is 11.6 Å². The first kappa shape index (κ1) is 29.2. The maximum absolute atomic E-state index is 13.9. The fraction of sp³-hybridized carbons (Fsp3) is 0.733. The van der Waals surface area contributed by atoms with Crippen LogP contribution in [0.2, 0.25) is 5.02 Å². The molecule has 2 aliphatic carbocycles. The molecule has 212 valence electrons. The van der Waals surface area contributed by atoms with E-state index in [1.54, 1.807) is 0 Å². The lowest BCUT2D eigenvalue weighted by molar-refractivity contribution is -0.135. The Kier molecular flexibility index (Phi) is 10.7. The second-order valence-electron chi connectivity index (χ2n) is 11.5. The predicted molar refractivity (Wildman–Crippen MR) is 154 cm³/mol. The van der Waals surface area contributed by atoms with Gasteiger partial charge in [-0.15, -0.1) is 0 Å². The number of carbonyl (C=O) groups is 2. The molecule has 1 aromatic rings. The van der Waals surface area contributed by atoms with Crippen LogP contribution in [0.4, 0.5) is 4.79 Å². The molecule has 0 unspecified atom stereocenters. The average molecular weight is 546 g/mol. The minimum absolute atomic E-state index is 0.177. The number of benzene rings is 1. The topological polar surface area (TPSA) is 81.9 Å². The number of nitrogens with zero attached hydrogens (tertiary/aromatic N) is 3. The number of likely N-dealkylation sites (tertiary alicyclic amines) is 1. The lowest BCUT2D eigenvalue weighted by Gasteiger charge is -2.44. The van der Waals surface area contributed by atoms with Gasteiger partial charge in [-0.1, -0.05) is 36.6 Å². The van der Waals surface area contributed by atoms with E-state index in [1.165, 1.54) is 12.8 Å². The van der Waals surface area contributed by atoms with E-state index in [0.29, 0.717) is 36.6 Å². The Balaban J connectivity index is 1.42. The molecule has 3 N–H and O–H groups in total. The Morgan fingerprint density at radius 1 is 0.947 bits per heavy atom. The molecule has 8 heteroatoms. The summed E-state index contributed by atoms with van der Waals surface area (Å²) in [6.45, 7) is 6.99. The lowest BCUT2D eigenvalue weighted by atomic mass is 9.90. The van der Waals surface area contributed by atoms with Gasteiger partial charge in [0.1, 0.15) is 0 Å². The molecule has 3 amide bonds. The molecule has 0 aromatic heterocycles. The maximum atomic E-state index is 13.9. The van der Waals surface area contributed by atoms with E-state index in [2.05, 4.69) is 24.1 Å². The number of halogens is 1. The van der Waals surface area contributed by atoms with E-state index in [-0.39, 0.29) is 30.1 Å². The average Bonchev–Trinajstić information content (AvgIpc) is 3.46. The Labute approximate surface area is 234 Å². The first-order chi connectivity index (χ1) is 18.4. The quantitative estimate of drug-likeness (QED) is 0.466. The summed E-state index contributed by atoms with van der Waals surface area (Å²) >= 11 is 6.11.